The first-order chi connectivity index (χ1) is 9.11. The van der Waals surface area contributed by atoms with E-state index < -0.39 is 0 Å². The number of hydrogen-bond acceptors (Lipinski definition) is 2. The van der Waals surface area contributed by atoms with Gasteiger partial charge in [0.25, 0.3) is 0 Å². The lowest BCUT2D eigenvalue weighted by Gasteiger charge is -2.20. The Morgan fingerprint density at radius 2 is 1.68 bits per heavy atom. The minimum absolute atomic E-state index is 0.672. The predicted molar refractivity (Wildman–Crippen MR) is 86.1 cm³/mol. The molecule has 2 aromatic carbocycles. The summed E-state index contributed by atoms with van der Waals surface area (Å²) in [4.78, 5) is 2.18. The van der Waals surface area contributed by atoms with E-state index in [4.69, 9.17) is 5.73 Å². The van der Waals surface area contributed by atoms with Crippen LogP contribution in [0.25, 0.3) is 0 Å². The van der Waals surface area contributed by atoms with Crippen molar-refractivity contribution in [2.75, 3.05) is 18.5 Å². The van der Waals surface area contributed by atoms with Crippen molar-refractivity contribution in [2.24, 2.45) is 5.73 Å². The number of benzene rings is 2. The van der Waals surface area contributed by atoms with Crippen molar-refractivity contribution in [3.8, 4) is 0 Å². The summed E-state index contributed by atoms with van der Waals surface area (Å²) >= 11 is 3.62. The van der Waals surface area contributed by atoms with Crippen molar-refractivity contribution in [1.29, 1.82) is 0 Å². The summed E-state index contributed by atoms with van der Waals surface area (Å²) in [5.41, 5.74) is 10.5. The molecule has 3 heteroatoms. The third-order valence-electron chi connectivity index (χ3n) is 3.26. The lowest BCUT2D eigenvalue weighted by molar-refractivity contribution is 0.962. The Bertz CT molecular complexity index is 549. The Hall–Kier alpha value is -1.32. The smallest absolute Gasteiger partial charge is 0.0419 e. The van der Waals surface area contributed by atoms with Gasteiger partial charge in [-0.2, -0.15) is 0 Å². The highest BCUT2D eigenvalue weighted by Gasteiger charge is 2.06. The fourth-order valence-electron chi connectivity index (χ4n) is 2.02. The summed E-state index contributed by atoms with van der Waals surface area (Å²) in [6.45, 7) is 2.77. The monoisotopic (exact) mass is 318 g/mol. The van der Waals surface area contributed by atoms with Crippen LogP contribution in [0.5, 0.6) is 0 Å². The highest BCUT2D eigenvalue weighted by molar-refractivity contribution is 9.10. The second kappa shape index (κ2) is 6.22. The SMILES string of the molecule is Cc1ccc(N(C)c2ccc(CCN)c(Br)c2)cc1. The summed E-state index contributed by atoms with van der Waals surface area (Å²) in [7, 11) is 2.08. The Kier molecular flexibility index (Phi) is 4.61. The number of nitrogens with zero attached hydrogens (tertiary/aromatic N) is 1. The molecule has 0 amide bonds. The van der Waals surface area contributed by atoms with Crippen molar-refractivity contribution >= 4 is 27.3 Å². The zero-order valence-corrected chi connectivity index (χ0v) is 12.9. The van der Waals surface area contributed by atoms with Crippen LogP contribution >= 0.6 is 15.9 Å². The van der Waals surface area contributed by atoms with Gasteiger partial charge >= 0.3 is 0 Å². The molecule has 0 spiro atoms. The largest absolute Gasteiger partial charge is 0.345 e. The van der Waals surface area contributed by atoms with E-state index in [0.29, 0.717) is 6.54 Å². The van der Waals surface area contributed by atoms with Gasteiger partial charge in [0.05, 0.1) is 0 Å². The number of anilines is 2. The molecule has 2 aromatic rings. The quantitative estimate of drug-likeness (QED) is 0.922. The molecule has 19 heavy (non-hydrogen) atoms. The molecular weight excluding hydrogens is 300 g/mol. The predicted octanol–water partition coefficient (Wildman–Crippen LogP) is 4.03. The van der Waals surface area contributed by atoms with E-state index in [2.05, 4.69) is 77.3 Å². The van der Waals surface area contributed by atoms with Crippen molar-refractivity contribution in [3.05, 3.63) is 58.1 Å². The molecule has 0 radical (unpaired) electrons. The Labute approximate surface area is 123 Å². The van der Waals surface area contributed by atoms with Gasteiger partial charge in [-0.25, -0.2) is 0 Å². The van der Waals surface area contributed by atoms with Crippen LogP contribution in [-0.4, -0.2) is 13.6 Å². The minimum atomic E-state index is 0.672. The molecule has 0 fully saturated rings. The topological polar surface area (TPSA) is 29.3 Å². The zero-order valence-electron chi connectivity index (χ0n) is 11.4. The maximum absolute atomic E-state index is 5.60. The molecule has 0 atom stereocenters. The van der Waals surface area contributed by atoms with Crippen molar-refractivity contribution in [2.45, 2.75) is 13.3 Å². The van der Waals surface area contributed by atoms with Crippen LogP contribution in [0, 0.1) is 6.92 Å². The second-order valence-corrected chi connectivity index (χ2v) is 5.56. The lowest BCUT2D eigenvalue weighted by Crippen LogP contribution is -2.10. The standard InChI is InChI=1S/C16H19BrN2/c1-12-3-6-14(7-4-12)19(2)15-8-5-13(9-10-18)16(17)11-15/h3-8,11H,9-10,18H2,1-2H3. The van der Waals surface area contributed by atoms with E-state index in [0.717, 1.165) is 16.6 Å². The van der Waals surface area contributed by atoms with E-state index in [1.54, 1.807) is 0 Å². The van der Waals surface area contributed by atoms with Gasteiger partial charge in [0.2, 0.25) is 0 Å². The van der Waals surface area contributed by atoms with Gasteiger partial charge in [-0.3, -0.25) is 0 Å². The average Bonchev–Trinajstić information content (AvgIpc) is 2.41. The van der Waals surface area contributed by atoms with E-state index >= 15 is 0 Å². The molecule has 0 aliphatic heterocycles. The summed E-state index contributed by atoms with van der Waals surface area (Å²) in [6, 6.07) is 14.9. The van der Waals surface area contributed by atoms with Gasteiger partial charge in [-0.15, -0.1) is 0 Å². The van der Waals surface area contributed by atoms with Crippen molar-refractivity contribution in [3.63, 3.8) is 0 Å². The molecule has 2 rings (SSSR count). The molecule has 0 saturated carbocycles. The van der Waals surface area contributed by atoms with Crippen LogP contribution in [0.1, 0.15) is 11.1 Å². The molecule has 2 N–H and O–H groups in total. The van der Waals surface area contributed by atoms with Crippen LogP contribution in [0.4, 0.5) is 11.4 Å². The van der Waals surface area contributed by atoms with Crippen LogP contribution in [0.15, 0.2) is 46.9 Å². The molecule has 0 bridgehead atoms. The molecule has 2 nitrogen and oxygen atoms in total. The van der Waals surface area contributed by atoms with Gasteiger partial charge in [0, 0.05) is 22.9 Å². The van der Waals surface area contributed by atoms with Crippen molar-refractivity contribution < 1.29 is 0 Å². The number of halogens is 1. The van der Waals surface area contributed by atoms with Crippen LogP contribution < -0.4 is 10.6 Å². The molecule has 0 aromatic heterocycles. The molecular formula is C16H19BrN2. The van der Waals surface area contributed by atoms with Crippen molar-refractivity contribution in [1.82, 2.24) is 0 Å². The molecule has 0 unspecified atom stereocenters. The highest BCUT2D eigenvalue weighted by Crippen LogP contribution is 2.28. The minimum Gasteiger partial charge on any atom is -0.345 e. The average molecular weight is 319 g/mol. The number of nitrogens with two attached hydrogens (primary N) is 1. The summed E-state index contributed by atoms with van der Waals surface area (Å²) < 4.78 is 1.12. The van der Waals surface area contributed by atoms with E-state index in [1.807, 2.05) is 0 Å². The first kappa shape index (κ1) is 14.1. The van der Waals surface area contributed by atoms with E-state index in [-0.39, 0.29) is 0 Å². The van der Waals surface area contributed by atoms with Gasteiger partial charge in [-0.1, -0.05) is 39.7 Å². The number of rotatable bonds is 4. The highest BCUT2D eigenvalue weighted by atomic mass is 79.9. The van der Waals surface area contributed by atoms with Gasteiger partial charge in [0.1, 0.15) is 0 Å². The molecule has 0 aliphatic carbocycles. The van der Waals surface area contributed by atoms with E-state index in [9.17, 15) is 0 Å². The Morgan fingerprint density at radius 1 is 1.05 bits per heavy atom. The Morgan fingerprint density at radius 3 is 2.26 bits per heavy atom. The lowest BCUT2D eigenvalue weighted by atomic mass is 10.1. The third-order valence-corrected chi connectivity index (χ3v) is 4.00. The summed E-state index contributed by atoms with van der Waals surface area (Å²) in [5, 5.41) is 0. The van der Waals surface area contributed by atoms with E-state index in [1.165, 1.54) is 16.8 Å². The van der Waals surface area contributed by atoms with Crippen LogP contribution in [0.2, 0.25) is 0 Å². The van der Waals surface area contributed by atoms with Crippen LogP contribution in [0.3, 0.4) is 0 Å². The van der Waals surface area contributed by atoms with Crippen LogP contribution in [-0.2, 0) is 6.42 Å². The normalized spacial score (nSPS) is 10.5. The fourth-order valence-corrected chi connectivity index (χ4v) is 2.59. The number of aryl methyl sites for hydroxylation is 1. The maximum atomic E-state index is 5.60. The van der Waals surface area contributed by atoms with Gasteiger partial charge < -0.3 is 10.6 Å². The second-order valence-electron chi connectivity index (χ2n) is 4.71. The van der Waals surface area contributed by atoms with Gasteiger partial charge in [-0.05, 0) is 49.7 Å². The molecule has 0 saturated heterocycles. The first-order valence-electron chi connectivity index (χ1n) is 6.40. The summed E-state index contributed by atoms with van der Waals surface area (Å²) in [5.74, 6) is 0. The number of hydrogen-bond donors (Lipinski definition) is 1. The Balaban J connectivity index is 2.26. The molecule has 100 valence electrons. The fraction of sp³-hybridized carbons (Fsp3) is 0.250. The third kappa shape index (κ3) is 3.37. The summed E-state index contributed by atoms with van der Waals surface area (Å²) in [6.07, 6.45) is 0.898. The zero-order chi connectivity index (χ0) is 13.8. The maximum Gasteiger partial charge on any atom is 0.0419 e. The molecule has 0 aliphatic rings. The first-order valence-corrected chi connectivity index (χ1v) is 7.20. The van der Waals surface area contributed by atoms with Gasteiger partial charge in [0.15, 0.2) is 0 Å². The molecule has 0 heterocycles.